The lowest BCUT2D eigenvalue weighted by molar-refractivity contribution is 0.0527. The number of fused-ring (bicyclic) bond motifs is 2. The third-order valence-corrected chi connectivity index (χ3v) is 5.80. The van der Waals surface area contributed by atoms with Gasteiger partial charge in [-0.3, -0.25) is 0 Å². The van der Waals surface area contributed by atoms with Crippen molar-refractivity contribution < 1.29 is 14.6 Å². The average Bonchev–Trinajstić information content (AvgIpc) is 3.25. The number of esters is 1. The summed E-state index contributed by atoms with van der Waals surface area (Å²) >= 11 is 2.70. The number of nitrogens with zero attached hydrogens (tertiary/aromatic N) is 3. The van der Waals surface area contributed by atoms with Gasteiger partial charge in [0.1, 0.15) is 11.4 Å². The maximum absolute atomic E-state index is 12.4. The third-order valence-electron chi connectivity index (χ3n) is 3.98. The molecule has 0 saturated heterocycles. The lowest BCUT2D eigenvalue weighted by Gasteiger charge is -2.07. The molecule has 2 aromatic carbocycles. The van der Waals surface area contributed by atoms with Gasteiger partial charge in [-0.2, -0.15) is 4.37 Å². The van der Waals surface area contributed by atoms with E-state index in [2.05, 4.69) is 14.6 Å². The van der Waals surface area contributed by atoms with Crippen LogP contribution in [0.5, 0.6) is 5.75 Å². The standard InChI is InChI=1S/C19H15N3O3S2/c1-3-25-19(24)13-9-15(23)12-8-10(2)26-17(12)16(13)20-21-18-11-6-4-5-7-14(11)22-27-18/h4-9,23H,3H2,1-2H3. The van der Waals surface area contributed by atoms with Crippen LogP contribution < -0.4 is 0 Å². The molecule has 0 aliphatic carbocycles. The zero-order valence-corrected chi connectivity index (χ0v) is 16.2. The van der Waals surface area contributed by atoms with Gasteiger partial charge in [-0.25, -0.2) is 4.79 Å². The van der Waals surface area contributed by atoms with Crippen molar-refractivity contribution in [3.05, 3.63) is 46.8 Å². The maximum Gasteiger partial charge on any atom is 0.340 e. The van der Waals surface area contributed by atoms with E-state index < -0.39 is 5.97 Å². The van der Waals surface area contributed by atoms with Crippen molar-refractivity contribution in [1.82, 2.24) is 4.37 Å². The largest absolute Gasteiger partial charge is 0.507 e. The highest BCUT2D eigenvalue weighted by Gasteiger charge is 2.20. The summed E-state index contributed by atoms with van der Waals surface area (Å²) in [5, 5.41) is 21.3. The van der Waals surface area contributed by atoms with Crippen LogP contribution in [0.3, 0.4) is 0 Å². The molecule has 27 heavy (non-hydrogen) atoms. The van der Waals surface area contributed by atoms with Gasteiger partial charge in [0.25, 0.3) is 0 Å². The fourth-order valence-corrected chi connectivity index (χ4v) is 4.50. The third kappa shape index (κ3) is 3.17. The van der Waals surface area contributed by atoms with Gasteiger partial charge in [0, 0.05) is 15.6 Å². The molecular formula is C19H15N3O3S2. The van der Waals surface area contributed by atoms with Gasteiger partial charge in [0.15, 0.2) is 5.00 Å². The van der Waals surface area contributed by atoms with Crippen molar-refractivity contribution in [2.45, 2.75) is 13.8 Å². The number of hydrogen-bond donors (Lipinski definition) is 1. The van der Waals surface area contributed by atoms with E-state index in [4.69, 9.17) is 4.74 Å². The molecule has 1 N–H and O–H groups in total. The van der Waals surface area contributed by atoms with Crippen molar-refractivity contribution in [2.75, 3.05) is 6.61 Å². The molecule has 0 aliphatic rings. The van der Waals surface area contributed by atoms with E-state index in [-0.39, 0.29) is 17.9 Å². The Morgan fingerprint density at radius 1 is 1.22 bits per heavy atom. The zero-order chi connectivity index (χ0) is 19.0. The number of rotatable bonds is 4. The Bertz CT molecular complexity index is 1190. The number of thiophene rings is 1. The first-order valence-corrected chi connectivity index (χ1v) is 9.87. The Morgan fingerprint density at radius 3 is 2.85 bits per heavy atom. The number of carbonyl (C=O) groups is 1. The summed E-state index contributed by atoms with van der Waals surface area (Å²) in [6.07, 6.45) is 0. The van der Waals surface area contributed by atoms with E-state index in [1.807, 2.05) is 37.3 Å². The SMILES string of the molecule is CCOC(=O)c1cc(O)c2cc(C)sc2c1N=Nc1snc2ccccc12. The minimum Gasteiger partial charge on any atom is -0.507 e. The van der Waals surface area contributed by atoms with Crippen LogP contribution in [0.1, 0.15) is 22.2 Å². The predicted molar refractivity (Wildman–Crippen MR) is 108 cm³/mol. The molecule has 0 atom stereocenters. The molecule has 0 spiro atoms. The number of benzene rings is 2. The fourth-order valence-electron chi connectivity index (χ4n) is 2.79. The first-order chi connectivity index (χ1) is 13.1. The smallest absolute Gasteiger partial charge is 0.340 e. The average molecular weight is 397 g/mol. The Morgan fingerprint density at radius 2 is 2.04 bits per heavy atom. The topological polar surface area (TPSA) is 84.1 Å². The normalized spacial score (nSPS) is 11.6. The van der Waals surface area contributed by atoms with E-state index in [9.17, 15) is 9.90 Å². The summed E-state index contributed by atoms with van der Waals surface area (Å²) in [5.74, 6) is -0.511. The Labute approximate surface area is 162 Å². The van der Waals surface area contributed by atoms with E-state index in [1.54, 1.807) is 6.92 Å². The second kappa shape index (κ2) is 7.05. The number of ether oxygens (including phenoxy) is 1. The van der Waals surface area contributed by atoms with Gasteiger partial charge in [-0.15, -0.1) is 21.6 Å². The van der Waals surface area contributed by atoms with Gasteiger partial charge < -0.3 is 9.84 Å². The van der Waals surface area contributed by atoms with Gasteiger partial charge in [-0.05, 0) is 49.6 Å². The number of hydrogen-bond acceptors (Lipinski definition) is 8. The summed E-state index contributed by atoms with van der Waals surface area (Å²) < 4.78 is 10.2. The highest BCUT2D eigenvalue weighted by molar-refractivity contribution is 7.19. The molecule has 0 amide bonds. The van der Waals surface area contributed by atoms with Crippen molar-refractivity contribution in [1.29, 1.82) is 0 Å². The van der Waals surface area contributed by atoms with Crippen molar-refractivity contribution in [2.24, 2.45) is 10.2 Å². The summed E-state index contributed by atoms with van der Waals surface area (Å²) in [7, 11) is 0. The molecular weight excluding hydrogens is 382 g/mol. The first-order valence-electron chi connectivity index (χ1n) is 8.28. The number of phenolic OH excluding ortho intramolecular Hbond substituents is 1. The van der Waals surface area contributed by atoms with Crippen LogP contribution in [0.25, 0.3) is 21.0 Å². The van der Waals surface area contributed by atoms with Crippen LogP contribution in [0.2, 0.25) is 0 Å². The lowest BCUT2D eigenvalue weighted by Crippen LogP contribution is -2.04. The molecule has 136 valence electrons. The lowest BCUT2D eigenvalue weighted by atomic mass is 10.1. The number of phenols is 1. The molecule has 2 aromatic heterocycles. The summed E-state index contributed by atoms with van der Waals surface area (Å²) in [6.45, 7) is 3.90. The molecule has 0 saturated carbocycles. The molecule has 4 aromatic rings. The summed E-state index contributed by atoms with van der Waals surface area (Å²) in [6, 6.07) is 10.9. The minimum absolute atomic E-state index is 0.0274. The summed E-state index contributed by atoms with van der Waals surface area (Å²) in [4.78, 5) is 13.4. The minimum atomic E-state index is -0.538. The van der Waals surface area contributed by atoms with Crippen LogP contribution in [0, 0.1) is 6.92 Å². The summed E-state index contributed by atoms with van der Waals surface area (Å²) in [5.41, 5.74) is 1.45. The van der Waals surface area contributed by atoms with Crippen molar-refractivity contribution in [3.8, 4) is 5.75 Å². The van der Waals surface area contributed by atoms with E-state index in [0.29, 0.717) is 20.8 Å². The monoisotopic (exact) mass is 397 g/mol. The predicted octanol–water partition coefficient (Wildman–Crippen LogP) is 6.12. The van der Waals surface area contributed by atoms with Crippen LogP contribution >= 0.6 is 22.9 Å². The number of carbonyl (C=O) groups excluding carboxylic acids is 1. The maximum atomic E-state index is 12.4. The molecule has 0 unspecified atom stereocenters. The fraction of sp³-hybridized carbons (Fsp3) is 0.158. The highest BCUT2D eigenvalue weighted by atomic mass is 32.1. The molecule has 8 heteroatoms. The molecule has 2 heterocycles. The quantitative estimate of drug-likeness (QED) is 0.332. The molecule has 0 aliphatic heterocycles. The number of aryl methyl sites for hydroxylation is 1. The van der Waals surface area contributed by atoms with Crippen LogP contribution in [0.15, 0.2) is 46.6 Å². The Kier molecular flexibility index (Phi) is 4.59. The molecule has 6 nitrogen and oxygen atoms in total. The van der Waals surface area contributed by atoms with Gasteiger partial charge in [0.05, 0.1) is 22.4 Å². The van der Waals surface area contributed by atoms with E-state index >= 15 is 0 Å². The van der Waals surface area contributed by atoms with Gasteiger partial charge in [-0.1, -0.05) is 12.1 Å². The van der Waals surface area contributed by atoms with E-state index in [0.717, 1.165) is 15.8 Å². The zero-order valence-electron chi connectivity index (χ0n) is 14.6. The Hall–Kier alpha value is -2.84. The van der Waals surface area contributed by atoms with Crippen LogP contribution in [-0.2, 0) is 4.74 Å². The molecule has 4 rings (SSSR count). The van der Waals surface area contributed by atoms with Crippen molar-refractivity contribution in [3.63, 3.8) is 0 Å². The van der Waals surface area contributed by atoms with Crippen LogP contribution in [0.4, 0.5) is 10.7 Å². The van der Waals surface area contributed by atoms with Gasteiger partial charge in [0.2, 0.25) is 0 Å². The van der Waals surface area contributed by atoms with E-state index in [1.165, 1.54) is 28.9 Å². The molecule has 0 fully saturated rings. The number of aromatic nitrogens is 1. The van der Waals surface area contributed by atoms with Crippen LogP contribution in [-0.4, -0.2) is 22.1 Å². The second-order valence-corrected chi connectivity index (χ2v) is 7.83. The number of aromatic hydroxyl groups is 1. The number of azo groups is 1. The van der Waals surface area contributed by atoms with Gasteiger partial charge >= 0.3 is 5.97 Å². The molecule has 0 bridgehead atoms. The first kappa shape index (κ1) is 17.6. The molecule has 0 radical (unpaired) electrons. The highest BCUT2D eigenvalue weighted by Crippen LogP contribution is 2.43. The van der Waals surface area contributed by atoms with Crippen molar-refractivity contribution >= 4 is 60.5 Å². The second-order valence-electron chi connectivity index (χ2n) is 5.82. The Balaban J connectivity index is 1.89.